The molecule has 0 spiro atoms. The van der Waals surface area contributed by atoms with Crippen molar-refractivity contribution in [2.75, 3.05) is 25.6 Å². The smallest absolute Gasteiger partial charge is 0.249 e. The van der Waals surface area contributed by atoms with E-state index in [0.717, 1.165) is 16.2 Å². The molecule has 0 fully saturated rings. The van der Waals surface area contributed by atoms with E-state index in [1.165, 1.54) is 11.3 Å². The van der Waals surface area contributed by atoms with E-state index >= 15 is 0 Å². The number of anilines is 1. The van der Waals surface area contributed by atoms with E-state index in [1.54, 1.807) is 36.2 Å². The first-order valence-electron chi connectivity index (χ1n) is 9.34. The molecule has 4 rings (SSSR count). The Labute approximate surface area is 172 Å². The molecule has 1 atom stereocenters. The van der Waals surface area contributed by atoms with Gasteiger partial charge in [-0.3, -0.25) is 9.59 Å². The number of aromatic nitrogens is 2. The Balaban J connectivity index is 1.41. The van der Waals surface area contributed by atoms with Gasteiger partial charge in [-0.25, -0.2) is 4.98 Å². The maximum absolute atomic E-state index is 12.7. The van der Waals surface area contributed by atoms with E-state index < -0.39 is 6.04 Å². The zero-order chi connectivity index (χ0) is 20.2. The molecule has 1 aromatic carbocycles. The van der Waals surface area contributed by atoms with Crippen molar-refractivity contribution in [3.05, 3.63) is 54.5 Å². The van der Waals surface area contributed by atoms with Gasteiger partial charge in [0.2, 0.25) is 5.91 Å². The molecule has 29 heavy (non-hydrogen) atoms. The zero-order valence-electron chi connectivity index (χ0n) is 16.0. The van der Waals surface area contributed by atoms with Gasteiger partial charge in [0.05, 0.1) is 17.2 Å². The normalized spacial score (nSPS) is 15.8. The number of ketones is 1. The predicted octanol–water partition coefficient (Wildman–Crippen LogP) is 3.79. The number of benzene rings is 1. The van der Waals surface area contributed by atoms with Crippen LogP contribution in [-0.4, -0.2) is 41.6 Å². The predicted molar refractivity (Wildman–Crippen MR) is 111 cm³/mol. The highest BCUT2D eigenvalue weighted by molar-refractivity contribution is 7.19. The van der Waals surface area contributed by atoms with Crippen LogP contribution in [0.2, 0.25) is 0 Å². The number of fused-ring (bicyclic) bond motifs is 1. The summed E-state index contributed by atoms with van der Waals surface area (Å²) in [5.41, 5.74) is 1.59. The molecule has 1 N–H and O–H groups in total. The van der Waals surface area contributed by atoms with Gasteiger partial charge in [0.25, 0.3) is 0 Å². The maximum atomic E-state index is 12.7. The number of hydrogen-bond acceptors (Lipinski definition) is 6. The van der Waals surface area contributed by atoms with Gasteiger partial charge in [-0.05, 0) is 48.4 Å². The molecule has 2 aromatic heterocycles. The van der Waals surface area contributed by atoms with Crippen LogP contribution in [0, 0.1) is 0 Å². The molecular weight excluding hydrogens is 390 g/mol. The number of ether oxygens (including phenoxy) is 2. The first kappa shape index (κ1) is 19.4. The van der Waals surface area contributed by atoms with Crippen LogP contribution in [0.3, 0.4) is 0 Å². The molecule has 3 aromatic rings. The van der Waals surface area contributed by atoms with Crippen molar-refractivity contribution >= 4 is 28.2 Å². The van der Waals surface area contributed by atoms with E-state index in [-0.39, 0.29) is 11.7 Å². The largest absolute Gasteiger partial charge is 0.491 e. The minimum absolute atomic E-state index is 0.0743. The fraction of sp³-hybridized carbons (Fsp3) is 0.286. The van der Waals surface area contributed by atoms with Gasteiger partial charge in [-0.2, -0.15) is 0 Å². The second kappa shape index (κ2) is 8.59. The van der Waals surface area contributed by atoms with Crippen molar-refractivity contribution in [1.29, 1.82) is 0 Å². The number of methoxy groups -OCH3 is 1. The van der Waals surface area contributed by atoms with Gasteiger partial charge >= 0.3 is 0 Å². The summed E-state index contributed by atoms with van der Waals surface area (Å²) in [5, 5.41) is 3.43. The van der Waals surface area contributed by atoms with Crippen molar-refractivity contribution < 1.29 is 19.1 Å². The van der Waals surface area contributed by atoms with Crippen LogP contribution < -0.4 is 10.1 Å². The third-order valence-electron chi connectivity index (χ3n) is 4.78. The molecule has 0 saturated carbocycles. The fourth-order valence-corrected chi connectivity index (χ4v) is 4.13. The average Bonchev–Trinajstić information content (AvgIpc) is 3.39. The lowest BCUT2D eigenvalue weighted by Gasteiger charge is -2.24. The molecule has 1 amide bonds. The molecule has 0 bridgehead atoms. The molecule has 0 saturated heterocycles. The molecule has 1 unspecified atom stereocenters. The Morgan fingerprint density at radius 3 is 2.90 bits per heavy atom. The summed E-state index contributed by atoms with van der Waals surface area (Å²) in [7, 11) is 1.64. The summed E-state index contributed by atoms with van der Waals surface area (Å²) in [5.74, 6) is 0.696. The van der Waals surface area contributed by atoms with Crippen molar-refractivity contribution in [2.24, 2.45) is 0 Å². The lowest BCUT2D eigenvalue weighted by atomic mass is 10.0. The highest BCUT2D eigenvalue weighted by atomic mass is 32.1. The first-order chi connectivity index (χ1) is 14.2. The topological polar surface area (TPSA) is 82.5 Å². The molecule has 8 heteroatoms. The molecule has 0 aliphatic carbocycles. The van der Waals surface area contributed by atoms with E-state index in [9.17, 15) is 9.59 Å². The first-order valence-corrected chi connectivity index (χ1v) is 10.2. The number of amides is 1. The minimum Gasteiger partial charge on any atom is -0.491 e. The Hall–Kier alpha value is -2.97. The van der Waals surface area contributed by atoms with Crippen molar-refractivity contribution in [2.45, 2.75) is 18.9 Å². The number of carbonyl (C=O) groups excluding carboxylic acids is 2. The van der Waals surface area contributed by atoms with Gasteiger partial charge in [0.15, 0.2) is 10.9 Å². The number of nitrogens with zero attached hydrogens (tertiary/aromatic N) is 2. The Kier molecular flexibility index (Phi) is 5.73. The minimum atomic E-state index is -0.395. The van der Waals surface area contributed by atoms with E-state index in [2.05, 4.69) is 10.3 Å². The van der Waals surface area contributed by atoms with Crippen LogP contribution in [0.1, 0.15) is 29.4 Å². The highest BCUT2D eigenvalue weighted by Crippen LogP contribution is 2.32. The summed E-state index contributed by atoms with van der Waals surface area (Å²) in [6.45, 7) is 1.04. The molecule has 1 aliphatic heterocycles. The van der Waals surface area contributed by atoms with Gasteiger partial charge in [-0.15, -0.1) is 0 Å². The van der Waals surface area contributed by atoms with Crippen LogP contribution in [-0.2, 0) is 9.53 Å². The van der Waals surface area contributed by atoms with Gasteiger partial charge in [0, 0.05) is 25.9 Å². The molecule has 1 aliphatic rings. The number of Topliss-reactive ketones (excluding diaryl/α,β-unsaturated/α-hetero) is 1. The monoisotopic (exact) mass is 411 g/mol. The Morgan fingerprint density at radius 1 is 1.28 bits per heavy atom. The Bertz CT molecular complexity index is 1010. The summed E-state index contributed by atoms with van der Waals surface area (Å²) < 4.78 is 12.3. The number of rotatable bonds is 7. The van der Waals surface area contributed by atoms with Crippen molar-refractivity contribution in [3.63, 3.8) is 0 Å². The third-order valence-corrected chi connectivity index (χ3v) is 5.74. The second-order valence-electron chi connectivity index (χ2n) is 6.66. The standard InChI is InChI=1S/C21H21N3O4S/c1-27-11-12-28-15-6-4-14(5-7-15)19-13-22-21(29-19)23-20(26)17-8-9-18(25)16-3-2-10-24(16)17/h2-7,10,13,17H,8-9,11-12H2,1H3,(H,22,23,26). The van der Waals surface area contributed by atoms with Crippen LogP contribution in [0.25, 0.3) is 10.4 Å². The second-order valence-corrected chi connectivity index (χ2v) is 7.69. The van der Waals surface area contributed by atoms with Crippen LogP contribution >= 0.6 is 11.3 Å². The lowest BCUT2D eigenvalue weighted by Crippen LogP contribution is -2.31. The van der Waals surface area contributed by atoms with E-state index in [4.69, 9.17) is 9.47 Å². The van der Waals surface area contributed by atoms with E-state index in [1.807, 2.05) is 24.3 Å². The SMILES string of the molecule is COCCOc1ccc(-c2cnc(NC(=O)C3CCC(=O)c4cccn43)s2)cc1. The third kappa shape index (κ3) is 4.23. The van der Waals surface area contributed by atoms with Crippen LogP contribution in [0.15, 0.2) is 48.8 Å². The zero-order valence-corrected chi connectivity index (χ0v) is 16.8. The molecule has 3 heterocycles. The highest BCUT2D eigenvalue weighted by Gasteiger charge is 2.29. The summed E-state index contributed by atoms with van der Waals surface area (Å²) in [6, 6.07) is 10.9. The molecule has 150 valence electrons. The summed E-state index contributed by atoms with van der Waals surface area (Å²) in [6.07, 6.45) is 4.39. The average molecular weight is 411 g/mol. The number of hydrogen-bond donors (Lipinski definition) is 1. The van der Waals surface area contributed by atoms with Gasteiger partial charge in [0.1, 0.15) is 18.4 Å². The summed E-state index contributed by atoms with van der Waals surface area (Å²) in [4.78, 5) is 30.0. The van der Waals surface area contributed by atoms with E-state index in [0.29, 0.717) is 36.9 Å². The van der Waals surface area contributed by atoms with Crippen molar-refractivity contribution in [1.82, 2.24) is 9.55 Å². The lowest BCUT2D eigenvalue weighted by molar-refractivity contribution is -0.119. The Morgan fingerprint density at radius 2 is 2.10 bits per heavy atom. The number of nitrogens with one attached hydrogen (secondary N) is 1. The molecule has 7 nitrogen and oxygen atoms in total. The summed E-state index contributed by atoms with van der Waals surface area (Å²) >= 11 is 1.41. The van der Waals surface area contributed by atoms with Crippen LogP contribution in [0.4, 0.5) is 5.13 Å². The maximum Gasteiger partial charge on any atom is 0.249 e. The van der Waals surface area contributed by atoms with Crippen molar-refractivity contribution in [3.8, 4) is 16.2 Å². The van der Waals surface area contributed by atoms with Gasteiger partial charge < -0.3 is 19.4 Å². The number of thiazole rings is 1. The quantitative estimate of drug-likeness (QED) is 0.598. The fourth-order valence-electron chi connectivity index (χ4n) is 3.31. The van der Waals surface area contributed by atoms with Crippen LogP contribution in [0.5, 0.6) is 5.75 Å². The molecular formula is C21H21N3O4S. The van der Waals surface area contributed by atoms with Gasteiger partial charge in [-0.1, -0.05) is 11.3 Å². The molecule has 0 radical (unpaired) electrons. The number of carbonyl (C=O) groups is 2.